The van der Waals surface area contributed by atoms with Crippen LogP contribution in [0.1, 0.15) is 26.2 Å². The second-order valence-electron chi connectivity index (χ2n) is 3.85. The zero-order valence-corrected chi connectivity index (χ0v) is 10.2. The number of likely N-dealkylation sites (tertiary alicyclic amines) is 1. The Morgan fingerprint density at radius 2 is 1.93 bits per heavy atom. The highest BCUT2D eigenvalue weighted by molar-refractivity contribution is 7.99. The van der Waals surface area contributed by atoms with E-state index in [9.17, 15) is 0 Å². The van der Waals surface area contributed by atoms with Crippen molar-refractivity contribution in [3.63, 3.8) is 0 Å². The number of nitrogens with one attached hydrogen (secondary N) is 1. The average molecular weight is 216 g/mol. The molecule has 14 heavy (non-hydrogen) atoms. The summed E-state index contributed by atoms with van der Waals surface area (Å²) in [5.41, 5.74) is 0. The maximum absolute atomic E-state index is 3.50. The Labute approximate surface area is 92.8 Å². The minimum atomic E-state index is 1.17. The number of thioether (sulfide) groups is 1. The van der Waals surface area contributed by atoms with Crippen molar-refractivity contribution < 1.29 is 0 Å². The van der Waals surface area contributed by atoms with Crippen molar-refractivity contribution in [1.29, 1.82) is 0 Å². The highest BCUT2D eigenvalue weighted by Gasteiger charge is 2.08. The van der Waals surface area contributed by atoms with Gasteiger partial charge in [0, 0.05) is 25.4 Å². The molecule has 0 bridgehead atoms. The van der Waals surface area contributed by atoms with Crippen molar-refractivity contribution in [3.8, 4) is 0 Å². The van der Waals surface area contributed by atoms with Crippen LogP contribution < -0.4 is 5.32 Å². The lowest BCUT2D eigenvalue weighted by Crippen LogP contribution is -2.36. The van der Waals surface area contributed by atoms with Gasteiger partial charge in [0.15, 0.2) is 0 Å². The Hall–Kier alpha value is 0.270. The Balaban J connectivity index is 1.82. The SMILES string of the molecule is CCSCCNCCN1CCCCC1. The average Bonchev–Trinajstić information content (AvgIpc) is 2.25. The van der Waals surface area contributed by atoms with Gasteiger partial charge >= 0.3 is 0 Å². The number of rotatable bonds is 7. The third-order valence-corrected chi connectivity index (χ3v) is 3.58. The molecule has 84 valence electrons. The topological polar surface area (TPSA) is 15.3 Å². The first-order chi connectivity index (χ1) is 6.93. The summed E-state index contributed by atoms with van der Waals surface area (Å²) in [4.78, 5) is 2.59. The van der Waals surface area contributed by atoms with Gasteiger partial charge in [0.2, 0.25) is 0 Å². The molecule has 0 aromatic rings. The van der Waals surface area contributed by atoms with Crippen LogP contribution in [0.15, 0.2) is 0 Å². The quantitative estimate of drug-likeness (QED) is 0.654. The van der Waals surface area contributed by atoms with Crippen LogP contribution in [0.2, 0.25) is 0 Å². The summed E-state index contributed by atoms with van der Waals surface area (Å²) in [5, 5.41) is 3.50. The van der Waals surface area contributed by atoms with Crippen molar-refractivity contribution in [2.24, 2.45) is 0 Å². The minimum absolute atomic E-state index is 1.17. The number of hydrogen-bond donors (Lipinski definition) is 1. The molecule has 1 rings (SSSR count). The maximum Gasteiger partial charge on any atom is 0.0107 e. The summed E-state index contributed by atoms with van der Waals surface area (Å²) in [7, 11) is 0. The van der Waals surface area contributed by atoms with Gasteiger partial charge in [-0.25, -0.2) is 0 Å². The van der Waals surface area contributed by atoms with E-state index < -0.39 is 0 Å². The van der Waals surface area contributed by atoms with Crippen LogP contribution in [-0.2, 0) is 0 Å². The molecule has 1 fully saturated rings. The molecule has 0 unspecified atom stereocenters. The molecular formula is C11H24N2S. The van der Waals surface area contributed by atoms with Gasteiger partial charge in [-0.15, -0.1) is 0 Å². The van der Waals surface area contributed by atoms with Gasteiger partial charge < -0.3 is 10.2 Å². The number of hydrogen-bond acceptors (Lipinski definition) is 3. The molecule has 2 nitrogen and oxygen atoms in total. The third-order valence-electron chi connectivity index (χ3n) is 2.68. The fourth-order valence-electron chi connectivity index (χ4n) is 1.83. The molecule has 1 heterocycles. The lowest BCUT2D eigenvalue weighted by molar-refractivity contribution is 0.229. The second kappa shape index (κ2) is 8.57. The molecule has 0 aliphatic carbocycles. The smallest absolute Gasteiger partial charge is 0.0107 e. The Morgan fingerprint density at radius 1 is 1.14 bits per heavy atom. The van der Waals surface area contributed by atoms with E-state index in [0.717, 1.165) is 0 Å². The lowest BCUT2D eigenvalue weighted by Gasteiger charge is -2.26. The molecule has 3 heteroatoms. The van der Waals surface area contributed by atoms with Gasteiger partial charge in [0.25, 0.3) is 0 Å². The van der Waals surface area contributed by atoms with Crippen molar-refractivity contribution >= 4 is 11.8 Å². The first-order valence-electron chi connectivity index (χ1n) is 5.94. The van der Waals surface area contributed by atoms with Crippen LogP contribution >= 0.6 is 11.8 Å². The van der Waals surface area contributed by atoms with E-state index in [4.69, 9.17) is 0 Å². The summed E-state index contributed by atoms with van der Waals surface area (Å²) in [6.07, 6.45) is 4.26. The van der Waals surface area contributed by atoms with E-state index in [1.807, 2.05) is 11.8 Å². The van der Waals surface area contributed by atoms with E-state index in [1.54, 1.807) is 0 Å². The molecule has 0 aromatic heterocycles. The van der Waals surface area contributed by atoms with Crippen molar-refractivity contribution in [2.45, 2.75) is 26.2 Å². The second-order valence-corrected chi connectivity index (χ2v) is 5.24. The number of piperidine rings is 1. The van der Waals surface area contributed by atoms with Crippen LogP contribution in [0.3, 0.4) is 0 Å². The van der Waals surface area contributed by atoms with Gasteiger partial charge in [0.05, 0.1) is 0 Å². The largest absolute Gasteiger partial charge is 0.315 e. The van der Waals surface area contributed by atoms with E-state index in [2.05, 4.69) is 17.1 Å². The minimum Gasteiger partial charge on any atom is -0.315 e. The van der Waals surface area contributed by atoms with Crippen molar-refractivity contribution in [2.75, 3.05) is 44.2 Å². The van der Waals surface area contributed by atoms with Crippen molar-refractivity contribution in [3.05, 3.63) is 0 Å². The van der Waals surface area contributed by atoms with Gasteiger partial charge in [-0.3, -0.25) is 0 Å². The predicted molar refractivity (Wildman–Crippen MR) is 66.2 cm³/mol. The van der Waals surface area contributed by atoms with E-state index in [-0.39, 0.29) is 0 Å². The van der Waals surface area contributed by atoms with E-state index >= 15 is 0 Å². The Morgan fingerprint density at radius 3 is 2.64 bits per heavy atom. The van der Waals surface area contributed by atoms with Crippen LogP contribution in [0.4, 0.5) is 0 Å². The molecule has 0 spiro atoms. The highest BCUT2D eigenvalue weighted by Crippen LogP contribution is 2.07. The van der Waals surface area contributed by atoms with E-state index in [1.165, 1.54) is 63.5 Å². The first kappa shape index (κ1) is 12.3. The van der Waals surface area contributed by atoms with Crippen LogP contribution in [0.5, 0.6) is 0 Å². The van der Waals surface area contributed by atoms with Crippen LogP contribution in [0, 0.1) is 0 Å². The summed E-state index contributed by atoms with van der Waals surface area (Å²) in [6, 6.07) is 0. The molecule has 0 radical (unpaired) electrons. The molecule has 1 N–H and O–H groups in total. The van der Waals surface area contributed by atoms with Gasteiger partial charge in [-0.1, -0.05) is 13.3 Å². The van der Waals surface area contributed by atoms with Gasteiger partial charge in [0.1, 0.15) is 0 Å². The predicted octanol–water partition coefficient (Wildman–Crippen LogP) is 1.81. The molecule has 1 saturated heterocycles. The molecule has 0 amide bonds. The molecule has 1 aliphatic rings. The Kier molecular flexibility index (Phi) is 7.55. The summed E-state index contributed by atoms with van der Waals surface area (Å²) in [5.74, 6) is 2.50. The van der Waals surface area contributed by atoms with Gasteiger partial charge in [-0.05, 0) is 31.7 Å². The lowest BCUT2D eigenvalue weighted by atomic mass is 10.1. The third kappa shape index (κ3) is 5.89. The zero-order chi connectivity index (χ0) is 10.1. The van der Waals surface area contributed by atoms with Crippen molar-refractivity contribution in [1.82, 2.24) is 10.2 Å². The summed E-state index contributed by atoms with van der Waals surface area (Å²) < 4.78 is 0. The van der Waals surface area contributed by atoms with Crippen LogP contribution in [0.25, 0.3) is 0 Å². The fraction of sp³-hybridized carbons (Fsp3) is 1.00. The monoisotopic (exact) mass is 216 g/mol. The molecule has 0 saturated carbocycles. The summed E-state index contributed by atoms with van der Waals surface area (Å²) in [6.45, 7) is 8.46. The van der Waals surface area contributed by atoms with E-state index in [0.29, 0.717) is 0 Å². The molecule has 1 aliphatic heterocycles. The first-order valence-corrected chi connectivity index (χ1v) is 7.09. The summed E-state index contributed by atoms with van der Waals surface area (Å²) >= 11 is 2.02. The maximum atomic E-state index is 3.50. The Bertz CT molecular complexity index is 124. The fourth-order valence-corrected chi connectivity index (χ4v) is 2.41. The van der Waals surface area contributed by atoms with Gasteiger partial charge in [-0.2, -0.15) is 11.8 Å². The standard InChI is InChI=1S/C11H24N2S/c1-2-14-11-7-12-6-10-13-8-4-3-5-9-13/h12H,2-11H2,1H3. The normalized spacial score (nSPS) is 18.6. The molecule has 0 aromatic carbocycles. The molecule has 0 atom stereocenters. The molecular weight excluding hydrogens is 192 g/mol. The zero-order valence-electron chi connectivity index (χ0n) is 9.43. The highest BCUT2D eigenvalue weighted by atomic mass is 32.2. The number of nitrogens with zero attached hydrogens (tertiary/aromatic N) is 1. The van der Waals surface area contributed by atoms with Crippen LogP contribution in [-0.4, -0.2) is 49.1 Å².